The van der Waals surface area contributed by atoms with Gasteiger partial charge in [-0.3, -0.25) is 5.01 Å². The number of epoxide rings is 1. The van der Waals surface area contributed by atoms with Crippen molar-refractivity contribution in [2.75, 3.05) is 6.61 Å². The Labute approximate surface area is 166 Å². The average molecular weight is 412 g/mol. The van der Waals surface area contributed by atoms with Gasteiger partial charge in [-0.25, -0.2) is 4.79 Å². The van der Waals surface area contributed by atoms with E-state index in [0.29, 0.717) is 31.6 Å². The van der Waals surface area contributed by atoms with Gasteiger partial charge in [-0.05, 0) is 44.4 Å². The van der Waals surface area contributed by atoms with E-state index >= 15 is 0 Å². The molecule has 1 saturated heterocycles. The molecule has 1 aliphatic carbocycles. The van der Waals surface area contributed by atoms with E-state index in [1.165, 1.54) is 12.1 Å². The molecule has 0 unspecified atom stereocenters. The number of rotatable bonds is 4. The standard InChI is InChI=1S/C19H23F3N4O3/c1-11(2)23-17(27)29-14-7-8-18(10-28-18)16-15(14)24-25-26(16)9-12-3-5-13(6-4-12)19(20,21)22/h3-6,11,14,24-25H,7-10H2,1-2H3,(H,23,27)/t14-,18+/m1/s1. The van der Waals surface area contributed by atoms with Crippen LogP contribution in [-0.4, -0.2) is 35.5 Å². The zero-order valence-electron chi connectivity index (χ0n) is 16.1. The lowest BCUT2D eigenvalue weighted by Crippen LogP contribution is -2.40. The number of carbonyl (C=O) groups excluding carboxylic acids is 1. The lowest BCUT2D eigenvalue weighted by molar-refractivity contribution is -0.137. The van der Waals surface area contributed by atoms with Crippen molar-refractivity contribution >= 4 is 6.09 Å². The van der Waals surface area contributed by atoms with Crippen molar-refractivity contribution in [1.29, 1.82) is 0 Å². The Morgan fingerprint density at radius 1 is 1.38 bits per heavy atom. The van der Waals surface area contributed by atoms with Gasteiger partial charge in [-0.15, -0.1) is 5.53 Å². The maximum atomic E-state index is 12.8. The van der Waals surface area contributed by atoms with Crippen LogP contribution < -0.4 is 16.3 Å². The van der Waals surface area contributed by atoms with Gasteiger partial charge >= 0.3 is 12.3 Å². The van der Waals surface area contributed by atoms with Crippen LogP contribution in [0.25, 0.3) is 0 Å². The van der Waals surface area contributed by atoms with Gasteiger partial charge in [0, 0.05) is 6.04 Å². The van der Waals surface area contributed by atoms with Crippen LogP contribution >= 0.6 is 0 Å². The van der Waals surface area contributed by atoms with Crippen LogP contribution in [0.15, 0.2) is 35.7 Å². The Morgan fingerprint density at radius 2 is 2.07 bits per heavy atom. The quantitative estimate of drug-likeness (QED) is 0.661. The Morgan fingerprint density at radius 3 is 2.66 bits per heavy atom. The zero-order valence-corrected chi connectivity index (χ0v) is 16.1. The molecule has 3 N–H and O–H groups in total. The normalized spacial score (nSPS) is 25.9. The highest BCUT2D eigenvalue weighted by molar-refractivity contribution is 5.68. The summed E-state index contributed by atoms with van der Waals surface area (Å²) in [6.45, 7) is 4.59. The highest BCUT2D eigenvalue weighted by Gasteiger charge is 2.57. The maximum Gasteiger partial charge on any atom is 0.416 e. The molecule has 1 fully saturated rings. The molecule has 3 aliphatic rings. The third kappa shape index (κ3) is 3.99. The molecule has 2 atom stereocenters. The van der Waals surface area contributed by atoms with Crippen LogP contribution in [0.5, 0.6) is 0 Å². The number of fused-ring (bicyclic) bond motifs is 1. The minimum Gasteiger partial charge on any atom is -0.440 e. The third-order valence-corrected chi connectivity index (χ3v) is 5.19. The summed E-state index contributed by atoms with van der Waals surface area (Å²) in [5.74, 6) is 0. The molecule has 2 heterocycles. The van der Waals surface area contributed by atoms with Gasteiger partial charge in [-0.1, -0.05) is 12.1 Å². The van der Waals surface area contributed by atoms with Gasteiger partial charge in [0.15, 0.2) is 0 Å². The zero-order chi connectivity index (χ0) is 20.8. The third-order valence-electron chi connectivity index (χ3n) is 5.19. The van der Waals surface area contributed by atoms with E-state index in [0.717, 1.165) is 23.5 Å². The predicted octanol–water partition coefficient (Wildman–Crippen LogP) is 2.81. The summed E-state index contributed by atoms with van der Waals surface area (Å²) in [6, 6.07) is 5.01. The summed E-state index contributed by atoms with van der Waals surface area (Å²) in [5, 5.41) is 4.51. The minimum absolute atomic E-state index is 0.0384. The number of alkyl carbamates (subject to hydrolysis) is 1. The van der Waals surface area contributed by atoms with Gasteiger partial charge in [0.2, 0.25) is 0 Å². The second-order valence-electron chi connectivity index (χ2n) is 7.79. The van der Waals surface area contributed by atoms with Crippen molar-refractivity contribution in [3.63, 3.8) is 0 Å². The topological polar surface area (TPSA) is 78.2 Å². The van der Waals surface area contributed by atoms with Crippen LogP contribution in [0.2, 0.25) is 0 Å². The van der Waals surface area contributed by atoms with Crippen molar-refractivity contribution in [1.82, 2.24) is 21.3 Å². The highest BCUT2D eigenvalue weighted by Crippen LogP contribution is 2.48. The molecule has 158 valence electrons. The molecule has 0 radical (unpaired) electrons. The number of benzene rings is 1. The Hall–Kier alpha value is -2.46. The fourth-order valence-electron chi connectivity index (χ4n) is 3.72. The summed E-state index contributed by atoms with van der Waals surface area (Å²) in [6.07, 6.45) is -4.00. The van der Waals surface area contributed by atoms with Gasteiger partial charge < -0.3 is 20.2 Å². The first kappa shape index (κ1) is 19.8. The van der Waals surface area contributed by atoms with E-state index in [2.05, 4.69) is 16.3 Å². The summed E-state index contributed by atoms with van der Waals surface area (Å²) >= 11 is 0. The molecule has 1 amide bonds. The van der Waals surface area contributed by atoms with Crippen LogP contribution in [0.4, 0.5) is 18.0 Å². The highest BCUT2D eigenvalue weighted by atomic mass is 19.4. The summed E-state index contributed by atoms with van der Waals surface area (Å²) in [5.41, 5.74) is 7.23. The molecule has 4 rings (SSSR count). The molecule has 10 heteroatoms. The van der Waals surface area contributed by atoms with Crippen LogP contribution in [0.3, 0.4) is 0 Å². The second kappa shape index (κ2) is 7.10. The molecule has 29 heavy (non-hydrogen) atoms. The molecule has 0 saturated carbocycles. The Kier molecular flexibility index (Phi) is 4.86. The Balaban J connectivity index is 1.51. The number of nitrogens with zero attached hydrogens (tertiary/aromatic N) is 1. The van der Waals surface area contributed by atoms with E-state index in [9.17, 15) is 18.0 Å². The lowest BCUT2D eigenvalue weighted by Gasteiger charge is -2.30. The van der Waals surface area contributed by atoms with Crippen molar-refractivity contribution < 1.29 is 27.4 Å². The molecule has 1 aromatic carbocycles. The molecule has 1 spiro atoms. The molecule has 2 aliphatic heterocycles. The van der Waals surface area contributed by atoms with Gasteiger partial charge in [0.25, 0.3) is 0 Å². The van der Waals surface area contributed by atoms with Crippen LogP contribution in [0, 0.1) is 0 Å². The number of alkyl halides is 3. The minimum atomic E-state index is -4.36. The molecule has 0 aromatic heterocycles. The maximum absolute atomic E-state index is 12.8. The first-order valence-corrected chi connectivity index (χ1v) is 9.49. The molecule has 7 nitrogen and oxygen atoms in total. The van der Waals surface area contributed by atoms with Gasteiger partial charge in [-0.2, -0.15) is 13.2 Å². The molecule has 0 bridgehead atoms. The second-order valence-corrected chi connectivity index (χ2v) is 7.79. The van der Waals surface area contributed by atoms with E-state index in [-0.39, 0.29) is 6.04 Å². The molecular weight excluding hydrogens is 389 g/mol. The first-order valence-electron chi connectivity index (χ1n) is 9.49. The fraction of sp³-hybridized carbons (Fsp3) is 0.526. The summed E-state index contributed by atoms with van der Waals surface area (Å²) < 4.78 is 49.6. The van der Waals surface area contributed by atoms with E-state index in [1.807, 2.05) is 13.8 Å². The SMILES string of the molecule is CC(C)NC(=O)O[C@@H]1CC[C@]2(CO2)C2=C1NNN2Cc1ccc(C(F)(F)F)cc1. The van der Waals surface area contributed by atoms with Gasteiger partial charge in [0.1, 0.15) is 11.7 Å². The number of carbonyl (C=O) groups is 1. The summed E-state index contributed by atoms with van der Waals surface area (Å²) in [7, 11) is 0. The number of halogens is 3. The Bertz CT molecular complexity index is 819. The van der Waals surface area contributed by atoms with Crippen molar-refractivity contribution in [3.05, 3.63) is 46.8 Å². The van der Waals surface area contributed by atoms with Crippen molar-refractivity contribution in [2.24, 2.45) is 0 Å². The van der Waals surface area contributed by atoms with Crippen LogP contribution in [0.1, 0.15) is 37.8 Å². The molecular formula is C19H23F3N4O3. The first-order chi connectivity index (χ1) is 13.7. The van der Waals surface area contributed by atoms with Gasteiger partial charge in [0.05, 0.1) is 30.1 Å². The van der Waals surface area contributed by atoms with E-state index < -0.39 is 29.5 Å². The number of hydrogen-bond acceptors (Lipinski definition) is 6. The van der Waals surface area contributed by atoms with Crippen LogP contribution in [-0.2, 0) is 22.2 Å². The lowest BCUT2D eigenvalue weighted by atomic mass is 9.88. The number of amides is 1. The van der Waals surface area contributed by atoms with E-state index in [1.54, 1.807) is 5.01 Å². The number of nitrogens with one attached hydrogen (secondary N) is 3. The monoisotopic (exact) mass is 412 g/mol. The largest absolute Gasteiger partial charge is 0.440 e. The average Bonchev–Trinajstić information content (AvgIpc) is 3.27. The number of ether oxygens (including phenoxy) is 2. The summed E-state index contributed by atoms with van der Waals surface area (Å²) in [4.78, 5) is 12.0. The smallest absolute Gasteiger partial charge is 0.416 e. The van der Waals surface area contributed by atoms with Crippen molar-refractivity contribution in [3.8, 4) is 0 Å². The number of hydrazine groups is 2. The fourth-order valence-corrected chi connectivity index (χ4v) is 3.72. The predicted molar refractivity (Wildman–Crippen MR) is 96.7 cm³/mol. The van der Waals surface area contributed by atoms with Crippen molar-refractivity contribution in [2.45, 2.75) is 57.2 Å². The molecule has 1 aromatic rings. The number of hydrogen-bond donors (Lipinski definition) is 3. The van der Waals surface area contributed by atoms with E-state index in [4.69, 9.17) is 9.47 Å².